The van der Waals surface area contributed by atoms with Crippen LogP contribution in [0.5, 0.6) is 5.75 Å². The molecule has 3 atom stereocenters. The largest absolute Gasteiger partial charge is 0.497 e. The zero-order chi connectivity index (χ0) is 22.8. The SMILES string of the molecule is COc1ccc(C(=O)[C@H]2[C@H](c3ccccc3)CC3=C(CCCC3)[C@]2(O)c2ccccc2)cc1. The molecule has 0 saturated heterocycles. The summed E-state index contributed by atoms with van der Waals surface area (Å²) in [6.45, 7) is 0. The molecule has 0 saturated carbocycles. The first kappa shape index (κ1) is 21.7. The molecular formula is C30H30O3. The van der Waals surface area contributed by atoms with Gasteiger partial charge in [-0.25, -0.2) is 0 Å². The van der Waals surface area contributed by atoms with Crippen molar-refractivity contribution in [3.63, 3.8) is 0 Å². The zero-order valence-corrected chi connectivity index (χ0v) is 19.0. The minimum atomic E-state index is -1.33. The van der Waals surface area contributed by atoms with Crippen LogP contribution in [0.25, 0.3) is 0 Å². The second-order valence-corrected chi connectivity index (χ2v) is 9.21. The van der Waals surface area contributed by atoms with E-state index >= 15 is 0 Å². The van der Waals surface area contributed by atoms with E-state index in [0.29, 0.717) is 11.3 Å². The number of carbonyl (C=O) groups is 1. The number of hydrogen-bond donors (Lipinski definition) is 1. The van der Waals surface area contributed by atoms with Crippen LogP contribution in [0.2, 0.25) is 0 Å². The molecule has 168 valence electrons. The molecule has 0 amide bonds. The van der Waals surface area contributed by atoms with Gasteiger partial charge in [-0.1, -0.05) is 66.2 Å². The molecule has 0 spiro atoms. The van der Waals surface area contributed by atoms with E-state index in [-0.39, 0.29) is 11.7 Å². The Morgan fingerprint density at radius 2 is 1.52 bits per heavy atom. The highest BCUT2D eigenvalue weighted by Crippen LogP contribution is 2.56. The molecule has 0 unspecified atom stereocenters. The summed E-state index contributed by atoms with van der Waals surface area (Å²) in [6, 6.07) is 27.3. The van der Waals surface area contributed by atoms with Gasteiger partial charge in [0.05, 0.1) is 13.0 Å². The Bertz CT molecular complexity index is 1150. The third-order valence-electron chi connectivity index (χ3n) is 7.46. The minimum absolute atomic E-state index is 0.0185. The van der Waals surface area contributed by atoms with Crippen molar-refractivity contribution in [1.82, 2.24) is 0 Å². The Labute approximate surface area is 195 Å². The van der Waals surface area contributed by atoms with Gasteiger partial charge < -0.3 is 9.84 Å². The van der Waals surface area contributed by atoms with Gasteiger partial charge in [0.2, 0.25) is 0 Å². The van der Waals surface area contributed by atoms with Crippen molar-refractivity contribution in [2.75, 3.05) is 7.11 Å². The summed E-state index contributed by atoms with van der Waals surface area (Å²) in [5.41, 5.74) is 3.60. The van der Waals surface area contributed by atoms with Crippen molar-refractivity contribution in [3.05, 3.63) is 113 Å². The molecular weight excluding hydrogens is 408 g/mol. The third kappa shape index (κ3) is 3.81. The highest BCUT2D eigenvalue weighted by Gasteiger charge is 2.53. The second-order valence-electron chi connectivity index (χ2n) is 9.21. The van der Waals surface area contributed by atoms with E-state index in [1.165, 1.54) is 5.57 Å². The topological polar surface area (TPSA) is 46.5 Å². The van der Waals surface area contributed by atoms with Crippen LogP contribution in [0.1, 0.15) is 59.5 Å². The fourth-order valence-corrected chi connectivity index (χ4v) is 5.88. The first-order valence-electron chi connectivity index (χ1n) is 11.9. The summed E-state index contributed by atoms with van der Waals surface area (Å²) in [5, 5.41) is 12.7. The normalized spacial score (nSPS) is 24.8. The van der Waals surface area contributed by atoms with Gasteiger partial charge in [-0.05, 0) is 73.1 Å². The van der Waals surface area contributed by atoms with Crippen LogP contribution in [-0.2, 0) is 5.60 Å². The maximum absolute atomic E-state index is 14.2. The molecule has 1 N–H and O–H groups in total. The maximum Gasteiger partial charge on any atom is 0.170 e. The number of benzene rings is 3. The quantitative estimate of drug-likeness (QED) is 0.368. The number of rotatable bonds is 5. The number of Topliss-reactive ketones (excluding diaryl/α,β-unsaturated/α-hetero) is 1. The Kier molecular flexibility index (Phi) is 5.90. The highest BCUT2D eigenvalue weighted by atomic mass is 16.5. The maximum atomic E-state index is 14.2. The predicted octanol–water partition coefficient (Wildman–Crippen LogP) is 6.44. The van der Waals surface area contributed by atoms with Crippen molar-refractivity contribution >= 4 is 5.78 Å². The van der Waals surface area contributed by atoms with Crippen LogP contribution in [0, 0.1) is 5.92 Å². The summed E-state index contributed by atoms with van der Waals surface area (Å²) in [4.78, 5) is 14.2. The van der Waals surface area contributed by atoms with Crippen molar-refractivity contribution in [3.8, 4) is 5.75 Å². The second kappa shape index (κ2) is 8.99. The van der Waals surface area contributed by atoms with Gasteiger partial charge in [0.1, 0.15) is 11.4 Å². The molecule has 0 radical (unpaired) electrons. The summed E-state index contributed by atoms with van der Waals surface area (Å²) >= 11 is 0. The van der Waals surface area contributed by atoms with Gasteiger partial charge in [0.15, 0.2) is 5.78 Å². The van der Waals surface area contributed by atoms with Gasteiger partial charge in [0, 0.05) is 11.5 Å². The molecule has 3 aromatic rings. The monoisotopic (exact) mass is 438 g/mol. The van der Waals surface area contributed by atoms with Crippen LogP contribution < -0.4 is 4.74 Å². The van der Waals surface area contributed by atoms with Crippen molar-refractivity contribution in [2.45, 2.75) is 43.6 Å². The van der Waals surface area contributed by atoms with E-state index < -0.39 is 11.5 Å². The number of methoxy groups -OCH3 is 1. The van der Waals surface area contributed by atoms with Crippen molar-refractivity contribution < 1.29 is 14.6 Å². The lowest BCUT2D eigenvalue weighted by molar-refractivity contribution is -0.00675. The summed E-state index contributed by atoms with van der Waals surface area (Å²) in [5.74, 6) is -0.00390. The summed E-state index contributed by atoms with van der Waals surface area (Å²) in [7, 11) is 1.62. The van der Waals surface area contributed by atoms with Crippen molar-refractivity contribution in [2.24, 2.45) is 5.92 Å². The molecule has 0 aliphatic heterocycles. The van der Waals surface area contributed by atoms with Gasteiger partial charge in [0.25, 0.3) is 0 Å². The number of aliphatic hydroxyl groups is 1. The minimum Gasteiger partial charge on any atom is -0.497 e. The molecule has 0 heterocycles. The van der Waals surface area contributed by atoms with Crippen molar-refractivity contribution in [1.29, 1.82) is 0 Å². The molecule has 3 aromatic carbocycles. The molecule has 33 heavy (non-hydrogen) atoms. The fourth-order valence-electron chi connectivity index (χ4n) is 5.88. The van der Waals surface area contributed by atoms with Crippen LogP contribution in [-0.4, -0.2) is 18.0 Å². The molecule has 0 aromatic heterocycles. The first-order chi connectivity index (χ1) is 16.1. The van der Waals surface area contributed by atoms with E-state index in [9.17, 15) is 9.90 Å². The van der Waals surface area contributed by atoms with E-state index in [1.54, 1.807) is 7.11 Å². The van der Waals surface area contributed by atoms with Crippen LogP contribution in [0.4, 0.5) is 0 Å². The lowest BCUT2D eigenvalue weighted by Gasteiger charge is -2.48. The Morgan fingerprint density at radius 3 is 2.18 bits per heavy atom. The number of carbonyl (C=O) groups excluding carboxylic acids is 1. The number of ketones is 1. The highest BCUT2D eigenvalue weighted by molar-refractivity contribution is 6.00. The van der Waals surface area contributed by atoms with Gasteiger partial charge in [-0.2, -0.15) is 0 Å². The van der Waals surface area contributed by atoms with Crippen LogP contribution >= 0.6 is 0 Å². The van der Waals surface area contributed by atoms with E-state index in [2.05, 4.69) is 12.1 Å². The smallest absolute Gasteiger partial charge is 0.170 e. The average molecular weight is 439 g/mol. The van der Waals surface area contributed by atoms with E-state index in [1.807, 2.05) is 72.8 Å². The fraction of sp³-hybridized carbons (Fsp3) is 0.300. The first-order valence-corrected chi connectivity index (χ1v) is 11.9. The van der Waals surface area contributed by atoms with Gasteiger partial charge in [-0.3, -0.25) is 4.79 Å². The van der Waals surface area contributed by atoms with Gasteiger partial charge >= 0.3 is 0 Å². The molecule has 3 heteroatoms. The zero-order valence-electron chi connectivity index (χ0n) is 19.0. The molecule has 2 aliphatic carbocycles. The molecule has 3 nitrogen and oxygen atoms in total. The molecule has 0 bridgehead atoms. The number of ether oxygens (including phenoxy) is 1. The lowest BCUT2D eigenvalue weighted by Crippen LogP contribution is -2.48. The van der Waals surface area contributed by atoms with Crippen LogP contribution in [0.15, 0.2) is 96.1 Å². The third-order valence-corrected chi connectivity index (χ3v) is 7.46. The van der Waals surface area contributed by atoms with Crippen LogP contribution in [0.3, 0.4) is 0 Å². The summed E-state index contributed by atoms with van der Waals surface area (Å²) in [6.07, 6.45) is 4.85. The Balaban J connectivity index is 1.72. The van der Waals surface area contributed by atoms with Gasteiger partial charge in [-0.15, -0.1) is 0 Å². The standard InChI is InChI=1S/C30H30O3/c1-33-25-18-16-22(17-19-25)29(31)28-26(21-10-4-2-5-11-21)20-23-12-8-9-15-27(23)30(28,32)24-13-6-3-7-14-24/h2-7,10-11,13-14,16-19,26,28,32H,8-9,12,15,20H2,1H3/t26-,28+,30+/m0/s1. The molecule has 0 fully saturated rings. The molecule has 5 rings (SSSR count). The average Bonchev–Trinajstić information content (AvgIpc) is 2.89. The lowest BCUT2D eigenvalue weighted by atomic mass is 9.57. The predicted molar refractivity (Wildman–Crippen MR) is 130 cm³/mol. The van der Waals surface area contributed by atoms with E-state index in [0.717, 1.165) is 48.8 Å². The Hall–Kier alpha value is -3.17. The number of hydrogen-bond acceptors (Lipinski definition) is 3. The van der Waals surface area contributed by atoms with E-state index in [4.69, 9.17) is 4.74 Å². The Morgan fingerprint density at radius 1 is 0.879 bits per heavy atom. The molecule has 2 aliphatic rings. The number of allylic oxidation sites excluding steroid dienone is 1. The summed E-state index contributed by atoms with van der Waals surface area (Å²) < 4.78 is 5.30.